The molecule has 0 heterocycles. The number of hydrogen-bond acceptors (Lipinski definition) is 1. The van der Waals surface area contributed by atoms with Gasteiger partial charge in [0.1, 0.15) is 5.82 Å². The molecule has 0 aliphatic rings. The maximum Gasteiger partial charge on any atom is 0.176 e. The van der Waals surface area contributed by atoms with Crippen molar-refractivity contribution in [3.05, 3.63) is 31.6 Å². The molecule has 0 aromatic heterocycles. The Morgan fingerprint density at radius 2 is 2.15 bits per heavy atom. The summed E-state index contributed by atoms with van der Waals surface area (Å²) in [6, 6.07) is 3.11. The molecule has 0 bridgehead atoms. The van der Waals surface area contributed by atoms with Crippen LogP contribution in [0, 0.1) is 9.39 Å². The lowest BCUT2D eigenvalue weighted by Crippen LogP contribution is -2.04. The van der Waals surface area contributed by atoms with Crippen LogP contribution in [0.15, 0.2) is 16.6 Å². The zero-order valence-corrected chi connectivity index (χ0v) is 11.6. The van der Waals surface area contributed by atoms with Crippen molar-refractivity contribution in [3.8, 4) is 0 Å². The fourth-order valence-electron chi connectivity index (χ4n) is 0.831. The highest BCUT2D eigenvalue weighted by molar-refractivity contribution is 14.1. The number of hydrogen-bond donors (Lipinski definition) is 0. The highest BCUT2D eigenvalue weighted by atomic mass is 127. The van der Waals surface area contributed by atoms with E-state index in [0.29, 0.717) is 8.04 Å². The SMILES string of the molecule is O=C(CBr)c1cc(Br)cc(I)c1F. The van der Waals surface area contributed by atoms with E-state index in [4.69, 9.17) is 0 Å². The summed E-state index contributed by atoms with van der Waals surface area (Å²) in [5.74, 6) is -0.704. The largest absolute Gasteiger partial charge is 0.293 e. The molecule has 5 heteroatoms. The second-order valence-corrected chi connectivity index (χ2v) is 4.94. The Morgan fingerprint density at radius 1 is 1.54 bits per heavy atom. The van der Waals surface area contributed by atoms with Gasteiger partial charge in [-0.05, 0) is 34.7 Å². The summed E-state index contributed by atoms with van der Waals surface area (Å²) >= 11 is 8.06. The van der Waals surface area contributed by atoms with Gasteiger partial charge in [0, 0.05) is 4.47 Å². The Labute approximate surface area is 105 Å². The number of carbonyl (C=O) groups is 1. The Morgan fingerprint density at radius 3 is 2.69 bits per heavy atom. The average Bonchev–Trinajstić information content (AvgIpc) is 2.10. The van der Waals surface area contributed by atoms with Crippen molar-refractivity contribution in [2.45, 2.75) is 0 Å². The minimum atomic E-state index is -0.451. The summed E-state index contributed by atoms with van der Waals surface area (Å²) in [5, 5.41) is 0.135. The standard InChI is InChI=1S/C8H4Br2FIO/c9-3-7(13)5-1-4(10)2-6(12)8(5)11/h1-2H,3H2. The van der Waals surface area contributed by atoms with Crippen LogP contribution in [0.3, 0.4) is 0 Å². The second kappa shape index (κ2) is 4.84. The molecule has 0 saturated carbocycles. The van der Waals surface area contributed by atoms with E-state index in [1.807, 2.05) is 22.6 Å². The zero-order chi connectivity index (χ0) is 10.0. The van der Waals surface area contributed by atoms with Gasteiger partial charge in [-0.15, -0.1) is 0 Å². The average molecular weight is 422 g/mol. The van der Waals surface area contributed by atoms with Gasteiger partial charge in [0.15, 0.2) is 5.78 Å². The van der Waals surface area contributed by atoms with E-state index in [0.717, 1.165) is 0 Å². The lowest BCUT2D eigenvalue weighted by Gasteiger charge is -2.02. The molecular weight excluding hydrogens is 418 g/mol. The molecule has 0 amide bonds. The van der Waals surface area contributed by atoms with Crippen molar-refractivity contribution in [3.63, 3.8) is 0 Å². The van der Waals surface area contributed by atoms with Crippen LogP contribution in [0.2, 0.25) is 0 Å². The van der Waals surface area contributed by atoms with E-state index in [1.54, 1.807) is 6.07 Å². The molecule has 1 rings (SSSR count). The van der Waals surface area contributed by atoms with Crippen LogP contribution in [0.1, 0.15) is 10.4 Å². The van der Waals surface area contributed by atoms with Gasteiger partial charge >= 0.3 is 0 Å². The summed E-state index contributed by atoms with van der Waals surface area (Å²) < 4.78 is 14.5. The molecule has 0 aliphatic carbocycles. The lowest BCUT2D eigenvalue weighted by atomic mass is 10.1. The minimum Gasteiger partial charge on any atom is -0.293 e. The number of carbonyl (C=O) groups excluding carboxylic acids is 1. The number of rotatable bonds is 2. The third-order valence-electron chi connectivity index (χ3n) is 1.41. The van der Waals surface area contributed by atoms with Crippen molar-refractivity contribution >= 4 is 60.2 Å². The van der Waals surface area contributed by atoms with Gasteiger partial charge in [-0.1, -0.05) is 31.9 Å². The predicted molar refractivity (Wildman–Crippen MR) is 64.9 cm³/mol. The van der Waals surface area contributed by atoms with Gasteiger partial charge in [0.05, 0.1) is 14.5 Å². The molecule has 0 spiro atoms. The molecule has 0 N–H and O–H groups in total. The molecule has 0 saturated heterocycles. The number of Topliss-reactive ketones (excluding diaryl/α,β-unsaturated/α-hetero) is 1. The molecule has 0 aliphatic heterocycles. The number of alkyl halides is 1. The molecule has 1 aromatic carbocycles. The molecule has 1 aromatic rings. The normalized spacial score (nSPS) is 10.2. The van der Waals surface area contributed by atoms with Gasteiger partial charge in [-0.2, -0.15) is 0 Å². The van der Waals surface area contributed by atoms with Crippen LogP contribution < -0.4 is 0 Å². The molecule has 0 radical (unpaired) electrons. The summed E-state index contributed by atoms with van der Waals surface area (Å²) in [4.78, 5) is 11.2. The highest BCUT2D eigenvalue weighted by Crippen LogP contribution is 2.22. The van der Waals surface area contributed by atoms with E-state index in [-0.39, 0.29) is 16.7 Å². The van der Waals surface area contributed by atoms with E-state index >= 15 is 0 Å². The maximum atomic E-state index is 13.3. The van der Waals surface area contributed by atoms with Gasteiger partial charge < -0.3 is 0 Å². The molecule has 0 atom stereocenters. The third kappa shape index (κ3) is 2.73. The second-order valence-electron chi connectivity index (χ2n) is 2.31. The van der Waals surface area contributed by atoms with Gasteiger partial charge in [-0.25, -0.2) is 4.39 Å². The fourth-order valence-corrected chi connectivity index (χ4v) is 2.64. The van der Waals surface area contributed by atoms with E-state index < -0.39 is 5.82 Å². The van der Waals surface area contributed by atoms with E-state index in [1.165, 1.54) is 6.07 Å². The maximum absolute atomic E-state index is 13.3. The van der Waals surface area contributed by atoms with E-state index in [9.17, 15) is 9.18 Å². The molecule has 13 heavy (non-hydrogen) atoms. The smallest absolute Gasteiger partial charge is 0.176 e. The number of ketones is 1. The number of benzene rings is 1. The first kappa shape index (κ1) is 11.6. The monoisotopic (exact) mass is 420 g/mol. The molecule has 0 unspecified atom stereocenters. The Balaban J connectivity index is 3.28. The Hall–Kier alpha value is 0.510. The van der Waals surface area contributed by atoms with E-state index in [2.05, 4.69) is 31.9 Å². The quantitative estimate of drug-likeness (QED) is 0.307. The first-order chi connectivity index (χ1) is 6.06. The summed E-state index contributed by atoms with van der Waals surface area (Å²) in [5.41, 5.74) is 0.121. The van der Waals surface area contributed by atoms with Crippen LogP contribution in [0.4, 0.5) is 4.39 Å². The summed E-state index contributed by atoms with van der Waals surface area (Å²) in [6.45, 7) is 0. The Bertz CT molecular complexity index is 354. The zero-order valence-electron chi connectivity index (χ0n) is 6.28. The van der Waals surface area contributed by atoms with Crippen LogP contribution in [-0.2, 0) is 0 Å². The first-order valence-corrected chi connectivity index (χ1v) is 6.29. The van der Waals surface area contributed by atoms with Crippen molar-refractivity contribution in [2.24, 2.45) is 0 Å². The summed E-state index contributed by atoms with van der Waals surface area (Å²) in [6.07, 6.45) is 0. The predicted octanol–water partition coefficient (Wildman–Crippen LogP) is 3.77. The number of halogens is 4. The van der Waals surface area contributed by atoms with Crippen LogP contribution in [0.25, 0.3) is 0 Å². The molecule has 0 fully saturated rings. The third-order valence-corrected chi connectivity index (χ3v) is 3.17. The minimum absolute atomic E-state index is 0.121. The molecule has 1 nitrogen and oxygen atoms in total. The highest BCUT2D eigenvalue weighted by Gasteiger charge is 2.13. The first-order valence-electron chi connectivity index (χ1n) is 3.30. The van der Waals surface area contributed by atoms with Crippen LogP contribution in [-0.4, -0.2) is 11.1 Å². The van der Waals surface area contributed by atoms with Crippen LogP contribution in [0.5, 0.6) is 0 Å². The Kier molecular flexibility index (Phi) is 4.31. The van der Waals surface area contributed by atoms with Crippen molar-refractivity contribution in [2.75, 3.05) is 5.33 Å². The fraction of sp³-hybridized carbons (Fsp3) is 0.125. The molecule has 70 valence electrons. The van der Waals surface area contributed by atoms with Gasteiger partial charge in [0.2, 0.25) is 0 Å². The van der Waals surface area contributed by atoms with Gasteiger partial charge in [0.25, 0.3) is 0 Å². The topological polar surface area (TPSA) is 17.1 Å². The van der Waals surface area contributed by atoms with Crippen molar-refractivity contribution in [1.82, 2.24) is 0 Å². The lowest BCUT2D eigenvalue weighted by molar-refractivity contribution is 0.102. The van der Waals surface area contributed by atoms with Crippen LogP contribution >= 0.6 is 54.5 Å². The van der Waals surface area contributed by atoms with Gasteiger partial charge in [-0.3, -0.25) is 4.79 Å². The summed E-state index contributed by atoms with van der Waals surface area (Å²) in [7, 11) is 0. The molecular formula is C8H4Br2FIO. The van der Waals surface area contributed by atoms with Crippen molar-refractivity contribution < 1.29 is 9.18 Å². The van der Waals surface area contributed by atoms with Crippen molar-refractivity contribution in [1.29, 1.82) is 0 Å².